The highest BCUT2D eigenvalue weighted by Gasteiger charge is 2.12. The molecule has 1 N–H and O–H groups in total. The van der Waals surface area contributed by atoms with E-state index >= 15 is 0 Å². The van der Waals surface area contributed by atoms with Crippen LogP contribution in [-0.2, 0) is 6.54 Å². The van der Waals surface area contributed by atoms with Gasteiger partial charge in [-0.2, -0.15) is 0 Å². The van der Waals surface area contributed by atoms with Gasteiger partial charge in [-0.15, -0.1) is 0 Å². The Morgan fingerprint density at radius 2 is 1.62 bits per heavy atom. The summed E-state index contributed by atoms with van der Waals surface area (Å²) in [6, 6.07) is 26.2. The van der Waals surface area contributed by atoms with Gasteiger partial charge >= 0.3 is 0 Å². The SMILES string of the molecule is Cc1cccc(CN(C[C@H](C)O)c2cccc(Oc3ccccc3)c2)c1. The van der Waals surface area contributed by atoms with Crippen molar-refractivity contribution in [1.82, 2.24) is 0 Å². The van der Waals surface area contributed by atoms with Gasteiger partial charge < -0.3 is 14.7 Å². The van der Waals surface area contributed by atoms with Crippen LogP contribution in [0.4, 0.5) is 5.69 Å². The number of aliphatic hydroxyl groups excluding tert-OH is 1. The van der Waals surface area contributed by atoms with Crippen molar-refractivity contribution in [1.29, 1.82) is 0 Å². The Hall–Kier alpha value is -2.78. The molecule has 0 fully saturated rings. The molecule has 0 aliphatic heterocycles. The highest BCUT2D eigenvalue weighted by molar-refractivity contribution is 5.52. The van der Waals surface area contributed by atoms with Crippen molar-refractivity contribution in [3.63, 3.8) is 0 Å². The summed E-state index contributed by atoms with van der Waals surface area (Å²) in [6.07, 6.45) is -0.418. The van der Waals surface area contributed by atoms with Crippen molar-refractivity contribution in [2.75, 3.05) is 11.4 Å². The second kappa shape index (κ2) is 8.54. The van der Waals surface area contributed by atoms with Crippen molar-refractivity contribution in [3.8, 4) is 11.5 Å². The van der Waals surface area contributed by atoms with Crippen LogP contribution in [0.2, 0.25) is 0 Å². The summed E-state index contributed by atoms with van der Waals surface area (Å²) in [7, 11) is 0. The third-order valence-electron chi connectivity index (χ3n) is 4.10. The zero-order chi connectivity index (χ0) is 18.4. The third kappa shape index (κ3) is 5.11. The second-order valence-electron chi connectivity index (χ2n) is 6.63. The minimum Gasteiger partial charge on any atom is -0.457 e. The van der Waals surface area contributed by atoms with Crippen LogP contribution in [-0.4, -0.2) is 17.8 Å². The smallest absolute Gasteiger partial charge is 0.129 e. The van der Waals surface area contributed by atoms with Crippen LogP contribution < -0.4 is 9.64 Å². The molecule has 0 spiro atoms. The van der Waals surface area contributed by atoms with Gasteiger partial charge in [-0.25, -0.2) is 0 Å². The zero-order valence-electron chi connectivity index (χ0n) is 15.3. The largest absolute Gasteiger partial charge is 0.457 e. The molecule has 0 aliphatic carbocycles. The van der Waals surface area contributed by atoms with Gasteiger partial charge in [-0.1, -0.05) is 54.1 Å². The molecule has 0 aliphatic rings. The number of para-hydroxylation sites is 1. The lowest BCUT2D eigenvalue weighted by atomic mass is 10.1. The first kappa shape index (κ1) is 18.0. The normalized spacial score (nSPS) is 11.8. The lowest BCUT2D eigenvalue weighted by Crippen LogP contribution is -2.30. The van der Waals surface area contributed by atoms with E-state index in [2.05, 4.69) is 42.2 Å². The minimum atomic E-state index is -0.418. The Morgan fingerprint density at radius 3 is 2.35 bits per heavy atom. The van der Waals surface area contributed by atoms with Crippen LogP contribution in [0.25, 0.3) is 0 Å². The number of hydrogen-bond donors (Lipinski definition) is 1. The van der Waals surface area contributed by atoms with Crippen LogP contribution in [0.1, 0.15) is 18.1 Å². The molecule has 0 saturated heterocycles. The third-order valence-corrected chi connectivity index (χ3v) is 4.10. The monoisotopic (exact) mass is 347 g/mol. The topological polar surface area (TPSA) is 32.7 Å². The molecule has 134 valence electrons. The Labute approximate surface area is 155 Å². The summed E-state index contributed by atoms with van der Waals surface area (Å²) < 4.78 is 5.95. The molecular formula is C23H25NO2. The minimum absolute atomic E-state index is 0.418. The van der Waals surface area contributed by atoms with E-state index in [-0.39, 0.29) is 0 Å². The van der Waals surface area contributed by atoms with Crippen molar-refractivity contribution in [2.24, 2.45) is 0 Å². The molecule has 3 nitrogen and oxygen atoms in total. The number of anilines is 1. The fraction of sp³-hybridized carbons (Fsp3) is 0.217. The number of aryl methyl sites for hydroxylation is 1. The van der Waals surface area contributed by atoms with Gasteiger partial charge in [0.15, 0.2) is 0 Å². The molecule has 0 unspecified atom stereocenters. The molecule has 0 bridgehead atoms. The van der Waals surface area contributed by atoms with Crippen LogP contribution in [0, 0.1) is 6.92 Å². The Balaban J connectivity index is 1.83. The van der Waals surface area contributed by atoms with E-state index in [1.54, 1.807) is 0 Å². The number of aliphatic hydroxyl groups is 1. The van der Waals surface area contributed by atoms with E-state index in [1.165, 1.54) is 11.1 Å². The summed E-state index contributed by atoms with van der Waals surface area (Å²) in [5.74, 6) is 1.60. The van der Waals surface area contributed by atoms with Crippen LogP contribution in [0.15, 0.2) is 78.9 Å². The van der Waals surface area contributed by atoms with E-state index in [1.807, 2.05) is 55.5 Å². The summed E-state index contributed by atoms with van der Waals surface area (Å²) in [5.41, 5.74) is 3.49. The maximum absolute atomic E-state index is 9.95. The first-order valence-corrected chi connectivity index (χ1v) is 8.92. The summed E-state index contributed by atoms with van der Waals surface area (Å²) in [4.78, 5) is 2.18. The van der Waals surface area contributed by atoms with E-state index < -0.39 is 6.10 Å². The maximum Gasteiger partial charge on any atom is 0.129 e. The number of nitrogens with zero attached hydrogens (tertiary/aromatic N) is 1. The summed E-state index contributed by atoms with van der Waals surface area (Å²) >= 11 is 0. The van der Waals surface area contributed by atoms with E-state index in [4.69, 9.17) is 4.74 Å². The molecule has 26 heavy (non-hydrogen) atoms. The molecule has 0 amide bonds. The molecular weight excluding hydrogens is 322 g/mol. The van der Waals surface area contributed by atoms with Crippen molar-refractivity contribution in [2.45, 2.75) is 26.5 Å². The first-order valence-electron chi connectivity index (χ1n) is 8.92. The van der Waals surface area contributed by atoms with Crippen LogP contribution >= 0.6 is 0 Å². The molecule has 3 aromatic rings. The fourth-order valence-electron chi connectivity index (χ4n) is 2.98. The van der Waals surface area contributed by atoms with E-state index in [9.17, 15) is 5.11 Å². The highest BCUT2D eigenvalue weighted by Crippen LogP contribution is 2.27. The molecule has 3 aromatic carbocycles. The molecule has 0 radical (unpaired) electrons. The van der Waals surface area contributed by atoms with Gasteiger partial charge in [0.1, 0.15) is 11.5 Å². The Bertz CT molecular complexity index is 830. The average Bonchev–Trinajstić information content (AvgIpc) is 2.62. The number of ether oxygens (including phenoxy) is 1. The molecule has 1 atom stereocenters. The number of rotatable bonds is 7. The average molecular weight is 347 g/mol. The van der Waals surface area contributed by atoms with Gasteiger partial charge in [0, 0.05) is 24.8 Å². The lowest BCUT2D eigenvalue weighted by molar-refractivity contribution is 0.199. The quantitative estimate of drug-likeness (QED) is 0.639. The highest BCUT2D eigenvalue weighted by atomic mass is 16.5. The van der Waals surface area contributed by atoms with Gasteiger partial charge in [0.05, 0.1) is 6.10 Å². The van der Waals surface area contributed by atoms with E-state index in [0.717, 1.165) is 23.7 Å². The standard InChI is InChI=1S/C23H25NO2/c1-18-8-6-9-20(14-18)17-24(16-19(2)25)21-10-7-13-23(15-21)26-22-11-4-3-5-12-22/h3-15,19,25H,16-17H2,1-2H3/t19-/m0/s1. The van der Waals surface area contributed by atoms with Crippen molar-refractivity contribution < 1.29 is 9.84 Å². The molecule has 0 saturated carbocycles. The van der Waals surface area contributed by atoms with E-state index in [0.29, 0.717) is 6.54 Å². The predicted octanol–water partition coefficient (Wildman–Crippen LogP) is 5.17. The van der Waals surface area contributed by atoms with Crippen LogP contribution in [0.3, 0.4) is 0 Å². The first-order chi connectivity index (χ1) is 12.6. The molecule has 3 rings (SSSR count). The maximum atomic E-state index is 9.95. The summed E-state index contributed by atoms with van der Waals surface area (Å²) in [5, 5.41) is 9.95. The fourth-order valence-corrected chi connectivity index (χ4v) is 2.98. The molecule has 0 heterocycles. The number of hydrogen-bond acceptors (Lipinski definition) is 3. The van der Waals surface area contributed by atoms with Gasteiger partial charge in [0.25, 0.3) is 0 Å². The lowest BCUT2D eigenvalue weighted by Gasteiger charge is -2.27. The van der Waals surface area contributed by atoms with Crippen molar-refractivity contribution >= 4 is 5.69 Å². The second-order valence-corrected chi connectivity index (χ2v) is 6.63. The Kier molecular flexibility index (Phi) is 5.92. The van der Waals surface area contributed by atoms with Crippen LogP contribution in [0.5, 0.6) is 11.5 Å². The van der Waals surface area contributed by atoms with Crippen molar-refractivity contribution in [3.05, 3.63) is 90.0 Å². The zero-order valence-corrected chi connectivity index (χ0v) is 15.3. The van der Waals surface area contributed by atoms with Gasteiger partial charge in [0.2, 0.25) is 0 Å². The summed E-state index contributed by atoms with van der Waals surface area (Å²) in [6.45, 7) is 5.20. The Morgan fingerprint density at radius 1 is 0.885 bits per heavy atom. The molecule has 3 heteroatoms. The number of benzene rings is 3. The van der Waals surface area contributed by atoms with Gasteiger partial charge in [-0.05, 0) is 43.7 Å². The molecule has 0 aromatic heterocycles. The predicted molar refractivity (Wildman–Crippen MR) is 107 cm³/mol. The van der Waals surface area contributed by atoms with Gasteiger partial charge in [-0.3, -0.25) is 0 Å².